The lowest BCUT2D eigenvalue weighted by atomic mass is 9.88. The van der Waals surface area contributed by atoms with Crippen molar-refractivity contribution in [1.29, 1.82) is 0 Å². The van der Waals surface area contributed by atoms with Crippen LogP contribution in [0.2, 0.25) is 0 Å². The van der Waals surface area contributed by atoms with Crippen LogP contribution in [0.3, 0.4) is 0 Å². The van der Waals surface area contributed by atoms with Gasteiger partial charge in [-0.25, -0.2) is 0 Å². The van der Waals surface area contributed by atoms with E-state index in [1.807, 2.05) is 18.2 Å². The molecule has 1 fully saturated rings. The first kappa shape index (κ1) is 22.5. The molecule has 0 radical (unpaired) electrons. The van der Waals surface area contributed by atoms with Crippen LogP contribution in [0.4, 0.5) is 0 Å². The molecule has 6 heteroatoms. The lowest BCUT2D eigenvalue weighted by Crippen LogP contribution is -2.50. The maximum absolute atomic E-state index is 12.7. The zero-order valence-electron chi connectivity index (χ0n) is 15.7. The van der Waals surface area contributed by atoms with Crippen molar-refractivity contribution in [3.05, 3.63) is 35.9 Å². The number of rotatable bonds is 8. The van der Waals surface area contributed by atoms with Gasteiger partial charge in [0.1, 0.15) is 6.04 Å². The summed E-state index contributed by atoms with van der Waals surface area (Å²) in [6.07, 6.45) is 6.09. The maximum Gasteiger partial charge on any atom is 0.244 e. The molecule has 1 saturated carbocycles. The Bertz CT molecular complexity index is 547. The minimum Gasteiger partial charge on any atom is -0.344 e. The fraction of sp³-hybridized carbons (Fsp3) is 0.600. The SMILES string of the molecule is C[C@H](NC(=O)C1CCCCC1)C(=O)N(CCN)CCc1ccccc1.Cl. The predicted molar refractivity (Wildman–Crippen MR) is 107 cm³/mol. The third kappa shape index (κ3) is 6.96. The Morgan fingerprint density at radius 1 is 1.15 bits per heavy atom. The molecule has 0 heterocycles. The number of nitrogens with zero attached hydrogens (tertiary/aromatic N) is 1. The largest absolute Gasteiger partial charge is 0.344 e. The highest BCUT2D eigenvalue weighted by atomic mass is 35.5. The molecule has 1 atom stereocenters. The highest BCUT2D eigenvalue weighted by molar-refractivity contribution is 5.88. The number of nitrogens with one attached hydrogen (secondary N) is 1. The molecule has 2 rings (SSSR count). The van der Waals surface area contributed by atoms with Gasteiger partial charge in [-0.05, 0) is 31.7 Å². The van der Waals surface area contributed by atoms with Crippen molar-refractivity contribution in [1.82, 2.24) is 10.2 Å². The number of carbonyl (C=O) groups excluding carboxylic acids is 2. The summed E-state index contributed by atoms with van der Waals surface area (Å²) in [7, 11) is 0. The minimum atomic E-state index is -0.503. The average Bonchev–Trinajstić information content (AvgIpc) is 2.66. The number of amides is 2. The van der Waals surface area contributed by atoms with Gasteiger partial charge < -0.3 is 16.0 Å². The molecule has 0 aromatic heterocycles. The summed E-state index contributed by atoms with van der Waals surface area (Å²) in [5.74, 6) is 0.0399. The van der Waals surface area contributed by atoms with E-state index in [2.05, 4.69) is 17.4 Å². The van der Waals surface area contributed by atoms with Gasteiger partial charge >= 0.3 is 0 Å². The van der Waals surface area contributed by atoms with E-state index in [1.165, 1.54) is 12.0 Å². The first-order valence-corrected chi connectivity index (χ1v) is 9.45. The van der Waals surface area contributed by atoms with Gasteiger partial charge in [0.15, 0.2) is 0 Å². The molecule has 146 valence electrons. The van der Waals surface area contributed by atoms with Crippen LogP contribution in [0.1, 0.15) is 44.6 Å². The summed E-state index contributed by atoms with van der Waals surface area (Å²) in [4.78, 5) is 26.9. The van der Waals surface area contributed by atoms with Gasteiger partial charge in [0.05, 0.1) is 0 Å². The molecule has 0 saturated heterocycles. The molecule has 3 N–H and O–H groups in total. The second kappa shape index (κ2) is 11.9. The summed E-state index contributed by atoms with van der Waals surface area (Å²) in [5.41, 5.74) is 6.86. The van der Waals surface area contributed by atoms with Crippen molar-refractivity contribution in [2.24, 2.45) is 11.7 Å². The van der Waals surface area contributed by atoms with Gasteiger partial charge in [0, 0.05) is 25.6 Å². The second-order valence-corrected chi connectivity index (χ2v) is 6.91. The number of hydrogen-bond acceptors (Lipinski definition) is 3. The Labute approximate surface area is 163 Å². The molecule has 0 aliphatic heterocycles. The van der Waals surface area contributed by atoms with Crippen molar-refractivity contribution in [2.45, 2.75) is 51.5 Å². The monoisotopic (exact) mass is 381 g/mol. The van der Waals surface area contributed by atoms with E-state index in [4.69, 9.17) is 5.73 Å². The molecule has 1 aliphatic carbocycles. The Morgan fingerprint density at radius 2 is 1.81 bits per heavy atom. The van der Waals surface area contributed by atoms with Crippen molar-refractivity contribution in [2.75, 3.05) is 19.6 Å². The van der Waals surface area contributed by atoms with Gasteiger partial charge in [0.2, 0.25) is 11.8 Å². The van der Waals surface area contributed by atoms with Crippen LogP contribution < -0.4 is 11.1 Å². The number of carbonyl (C=O) groups is 2. The zero-order chi connectivity index (χ0) is 18.1. The average molecular weight is 382 g/mol. The lowest BCUT2D eigenvalue weighted by molar-refractivity contribution is -0.137. The Kier molecular flexibility index (Phi) is 10.3. The fourth-order valence-electron chi connectivity index (χ4n) is 3.43. The Morgan fingerprint density at radius 3 is 2.42 bits per heavy atom. The van der Waals surface area contributed by atoms with E-state index < -0.39 is 6.04 Å². The number of nitrogens with two attached hydrogens (primary N) is 1. The summed E-state index contributed by atoms with van der Waals surface area (Å²) >= 11 is 0. The van der Waals surface area contributed by atoms with Crippen molar-refractivity contribution in [3.8, 4) is 0 Å². The van der Waals surface area contributed by atoms with E-state index in [0.717, 1.165) is 32.1 Å². The summed E-state index contributed by atoms with van der Waals surface area (Å²) in [6, 6.07) is 9.58. The maximum atomic E-state index is 12.7. The highest BCUT2D eigenvalue weighted by Crippen LogP contribution is 2.23. The molecule has 0 bridgehead atoms. The van der Waals surface area contributed by atoms with Gasteiger partial charge in [-0.2, -0.15) is 0 Å². The van der Waals surface area contributed by atoms with Crippen molar-refractivity contribution < 1.29 is 9.59 Å². The second-order valence-electron chi connectivity index (χ2n) is 6.91. The molecule has 0 unspecified atom stereocenters. The zero-order valence-corrected chi connectivity index (χ0v) is 16.5. The van der Waals surface area contributed by atoms with Gasteiger partial charge in [0.25, 0.3) is 0 Å². The lowest BCUT2D eigenvalue weighted by Gasteiger charge is -2.28. The fourth-order valence-corrected chi connectivity index (χ4v) is 3.43. The van der Waals surface area contributed by atoms with Crippen LogP contribution in [0.25, 0.3) is 0 Å². The van der Waals surface area contributed by atoms with E-state index in [9.17, 15) is 9.59 Å². The Balaban J connectivity index is 0.00000338. The molecule has 2 amide bonds. The Hall–Kier alpha value is -1.59. The number of hydrogen-bond donors (Lipinski definition) is 2. The molecule has 5 nitrogen and oxygen atoms in total. The van der Waals surface area contributed by atoms with Gasteiger partial charge in [-0.1, -0.05) is 49.6 Å². The van der Waals surface area contributed by atoms with Crippen LogP contribution >= 0.6 is 12.4 Å². The topological polar surface area (TPSA) is 75.4 Å². The molecular weight excluding hydrogens is 350 g/mol. The van der Waals surface area contributed by atoms with E-state index in [1.54, 1.807) is 11.8 Å². The molecule has 26 heavy (non-hydrogen) atoms. The molecular formula is C20H32ClN3O2. The normalized spacial score (nSPS) is 15.6. The van der Waals surface area contributed by atoms with E-state index >= 15 is 0 Å². The molecule has 1 aromatic carbocycles. The summed E-state index contributed by atoms with van der Waals surface area (Å²) < 4.78 is 0. The smallest absolute Gasteiger partial charge is 0.244 e. The standard InChI is InChI=1S/C20H31N3O2.ClH/c1-16(22-19(24)18-10-6-3-7-11-18)20(25)23(15-13-21)14-12-17-8-4-2-5-9-17;/h2,4-5,8-9,16,18H,3,6-7,10-15,21H2,1H3,(H,22,24);1H/t16-;/m0./s1. The van der Waals surface area contributed by atoms with Gasteiger partial charge in [-0.3, -0.25) is 9.59 Å². The summed E-state index contributed by atoms with van der Waals surface area (Å²) in [5, 5.41) is 2.92. The minimum absolute atomic E-state index is 0. The van der Waals surface area contributed by atoms with Crippen molar-refractivity contribution >= 4 is 24.2 Å². The first-order valence-electron chi connectivity index (χ1n) is 9.45. The van der Waals surface area contributed by atoms with Crippen LogP contribution in [0.15, 0.2) is 30.3 Å². The highest BCUT2D eigenvalue weighted by Gasteiger charge is 2.26. The third-order valence-electron chi connectivity index (χ3n) is 4.93. The number of halogens is 1. The van der Waals surface area contributed by atoms with Crippen molar-refractivity contribution in [3.63, 3.8) is 0 Å². The molecule has 1 aliphatic rings. The number of benzene rings is 1. The molecule has 1 aromatic rings. The van der Waals surface area contributed by atoms with Crippen LogP contribution in [0, 0.1) is 5.92 Å². The van der Waals surface area contributed by atoms with E-state index in [0.29, 0.717) is 19.6 Å². The van der Waals surface area contributed by atoms with Crippen LogP contribution in [-0.2, 0) is 16.0 Å². The first-order chi connectivity index (χ1) is 12.1. The van der Waals surface area contributed by atoms with Crippen LogP contribution in [-0.4, -0.2) is 42.4 Å². The van der Waals surface area contributed by atoms with E-state index in [-0.39, 0.29) is 30.1 Å². The molecule has 0 spiro atoms. The predicted octanol–water partition coefficient (Wildman–Crippen LogP) is 2.52. The van der Waals surface area contributed by atoms with Gasteiger partial charge in [-0.15, -0.1) is 12.4 Å². The van der Waals surface area contributed by atoms with Crippen LogP contribution in [0.5, 0.6) is 0 Å². The third-order valence-corrected chi connectivity index (χ3v) is 4.93. The quantitative estimate of drug-likeness (QED) is 0.726. The summed E-state index contributed by atoms with van der Waals surface area (Å²) in [6.45, 7) is 3.32.